The van der Waals surface area contributed by atoms with Gasteiger partial charge in [0.2, 0.25) is 0 Å². The maximum absolute atomic E-state index is 4.71. The van der Waals surface area contributed by atoms with Gasteiger partial charge in [-0.2, -0.15) is 5.10 Å². The molecule has 25 heavy (non-hydrogen) atoms. The fraction of sp³-hybridized carbons (Fsp3) is 0.450. The molecule has 0 amide bonds. The predicted octanol–water partition coefficient (Wildman–Crippen LogP) is 3.20. The first-order valence-corrected chi connectivity index (χ1v) is 9.12. The third-order valence-corrected chi connectivity index (χ3v) is 5.07. The minimum Gasteiger partial charge on any atom is -0.299 e. The van der Waals surface area contributed by atoms with Gasteiger partial charge in [0.15, 0.2) is 5.65 Å². The van der Waals surface area contributed by atoms with Crippen LogP contribution in [0.2, 0.25) is 0 Å². The van der Waals surface area contributed by atoms with E-state index in [4.69, 9.17) is 4.98 Å². The summed E-state index contributed by atoms with van der Waals surface area (Å²) in [6.45, 7) is 7.34. The predicted molar refractivity (Wildman–Crippen MR) is 98.4 cm³/mol. The zero-order valence-electron chi connectivity index (χ0n) is 15.0. The number of aromatic nitrogens is 4. The van der Waals surface area contributed by atoms with Gasteiger partial charge >= 0.3 is 0 Å². The fourth-order valence-electron chi connectivity index (χ4n) is 3.94. The molecular weight excluding hydrogens is 310 g/mol. The van der Waals surface area contributed by atoms with Gasteiger partial charge in [-0.15, -0.1) is 0 Å². The maximum Gasteiger partial charge on any atom is 0.159 e. The standard InChI is InChI=1S/C20H25N5/c1-15-10-16(2)25-20(23-15)18(12-22-25)14-24-9-5-6-17(13-24)11-19-7-3-4-8-21-19/h3-4,7-8,10,12,17H,5-6,9,11,13-14H2,1-2H3. The van der Waals surface area contributed by atoms with E-state index in [1.165, 1.54) is 24.1 Å². The van der Waals surface area contributed by atoms with E-state index in [1.807, 2.05) is 29.9 Å². The molecule has 0 aromatic carbocycles. The first kappa shape index (κ1) is 16.2. The highest BCUT2D eigenvalue weighted by Gasteiger charge is 2.22. The molecule has 5 heteroatoms. The molecule has 3 aromatic heterocycles. The highest BCUT2D eigenvalue weighted by Crippen LogP contribution is 2.23. The molecule has 0 saturated carbocycles. The monoisotopic (exact) mass is 335 g/mol. The van der Waals surface area contributed by atoms with Crippen molar-refractivity contribution in [2.24, 2.45) is 5.92 Å². The Kier molecular flexibility index (Phi) is 4.49. The summed E-state index contributed by atoms with van der Waals surface area (Å²) >= 11 is 0. The summed E-state index contributed by atoms with van der Waals surface area (Å²) < 4.78 is 1.96. The Hall–Kier alpha value is -2.27. The van der Waals surface area contributed by atoms with Crippen LogP contribution in [0.4, 0.5) is 0 Å². The van der Waals surface area contributed by atoms with Crippen molar-refractivity contribution in [1.82, 2.24) is 24.5 Å². The SMILES string of the molecule is Cc1cc(C)n2ncc(CN3CCCC(Cc4ccccn4)C3)c2n1. The molecule has 0 aliphatic carbocycles. The van der Waals surface area contributed by atoms with Crippen molar-refractivity contribution < 1.29 is 0 Å². The number of rotatable bonds is 4. The first-order chi connectivity index (χ1) is 12.2. The fourth-order valence-corrected chi connectivity index (χ4v) is 3.94. The van der Waals surface area contributed by atoms with Crippen molar-refractivity contribution in [2.45, 2.75) is 39.7 Å². The molecule has 4 rings (SSSR count). The summed E-state index contributed by atoms with van der Waals surface area (Å²) in [4.78, 5) is 11.8. The summed E-state index contributed by atoms with van der Waals surface area (Å²) in [5.74, 6) is 0.682. The third-order valence-electron chi connectivity index (χ3n) is 5.07. The van der Waals surface area contributed by atoms with Crippen molar-refractivity contribution in [3.63, 3.8) is 0 Å². The molecule has 130 valence electrons. The summed E-state index contributed by atoms with van der Waals surface area (Å²) in [6.07, 6.45) is 7.49. The van der Waals surface area contributed by atoms with Crippen LogP contribution in [0.15, 0.2) is 36.7 Å². The second kappa shape index (κ2) is 6.92. The molecule has 1 unspecified atom stereocenters. The van der Waals surface area contributed by atoms with Crippen molar-refractivity contribution in [1.29, 1.82) is 0 Å². The van der Waals surface area contributed by atoms with Crippen LogP contribution in [0.1, 0.15) is 35.5 Å². The van der Waals surface area contributed by atoms with Crippen molar-refractivity contribution in [3.8, 4) is 0 Å². The zero-order valence-corrected chi connectivity index (χ0v) is 15.0. The minimum absolute atomic E-state index is 0.682. The Labute approximate surface area is 148 Å². The highest BCUT2D eigenvalue weighted by atomic mass is 15.3. The summed E-state index contributed by atoms with van der Waals surface area (Å²) in [5, 5.41) is 4.53. The second-order valence-electron chi connectivity index (χ2n) is 7.21. The van der Waals surface area contributed by atoms with Gasteiger partial charge in [-0.25, -0.2) is 9.50 Å². The Morgan fingerprint density at radius 3 is 3.00 bits per heavy atom. The van der Waals surface area contributed by atoms with Gasteiger partial charge < -0.3 is 0 Å². The van der Waals surface area contributed by atoms with Gasteiger partial charge in [0.25, 0.3) is 0 Å². The molecule has 0 spiro atoms. The lowest BCUT2D eigenvalue weighted by atomic mass is 9.93. The van der Waals surface area contributed by atoms with Crippen LogP contribution < -0.4 is 0 Å². The quantitative estimate of drug-likeness (QED) is 0.734. The second-order valence-corrected chi connectivity index (χ2v) is 7.21. The Morgan fingerprint density at radius 2 is 2.16 bits per heavy atom. The molecule has 0 radical (unpaired) electrons. The number of hydrogen-bond donors (Lipinski definition) is 0. The molecule has 0 N–H and O–H groups in total. The molecule has 1 atom stereocenters. The van der Waals surface area contributed by atoms with Crippen molar-refractivity contribution in [3.05, 3.63) is 59.3 Å². The number of likely N-dealkylation sites (tertiary alicyclic amines) is 1. The lowest BCUT2D eigenvalue weighted by Gasteiger charge is -2.32. The van der Waals surface area contributed by atoms with Crippen LogP contribution in [0, 0.1) is 19.8 Å². The van der Waals surface area contributed by atoms with Gasteiger partial charge in [-0.1, -0.05) is 6.07 Å². The molecular formula is C20H25N5. The highest BCUT2D eigenvalue weighted by molar-refractivity contribution is 5.47. The average Bonchev–Trinajstić information content (AvgIpc) is 2.99. The van der Waals surface area contributed by atoms with E-state index in [-0.39, 0.29) is 0 Å². The zero-order chi connectivity index (χ0) is 17.2. The maximum atomic E-state index is 4.71. The van der Waals surface area contributed by atoms with Crippen molar-refractivity contribution >= 4 is 5.65 Å². The Morgan fingerprint density at radius 1 is 1.24 bits per heavy atom. The summed E-state index contributed by atoms with van der Waals surface area (Å²) in [5.41, 5.74) is 5.63. The van der Waals surface area contributed by atoms with Gasteiger partial charge in [0, 0.05) is 41.9 Å². The van der Waals surface area contributed by atoms with Crippen LogP contribution in [-0.2, 0) is 13.0 Å². The van der Waals surface area contributed by atoms with Gasteiger partial charge in [-0.05, 0) is 63.8 Å². The lowest BCUT2D eigenvalue weighted by molar-refractivity contribution is 0.167. The number of hydrogen-bond acceptors (Lipinski definition) is 4. The van der Waals surface area contributed by atoms with E-state index in [0.29, 0.717) is 5.92 Å². The van der Waals surface area contributed by atoms with Crippen molar-refractivity contribution in [2.75, 3.05) is 13.1 Å². The lowest BCUT2D eigenvalue weighted by Crippen LogP contribution is -2.35. The van der Waals surface area contributed by atoms with Gasteiger partial charge in [0.05, 0.1) is 6.20 Å². The smallest absolute Gasteiger partial charge is 0.159 e. The average molecular weight is 335 g/mol. The first-order valence-electron chi connectivity index (χ1n) is 9.12. The number of aryl methyl sites for hydroxylation is 2. The van der Waals surface area contributed by atoms with E-state index in [1.54, 1.807) is 0 Å². The van der Waals surface area contributed by atoms with Crippen LogP contribution in [0.3, 0.4) is 0 Å². The molecule has 1 saturated heterocycles. The van der Waals surface area contributed by atoms with Crippen LogP contribution >= 0.6 is 0 Å². The molecule has 3 aromatic rings. The van der Waals surface area contributed by atoms with Gasteiger partial charge in [0.1, 0.15) is 0 Å². The molecule has 0 bridgehead atoms. The van der Waals surface area contributed by atoms with Gasteiger partial charge in [-0.3, -0.25) is 9.88 Å². The van der Waals surface area contributed by atoms with E-state index < -0.39 is 0 Å². The van der Waals surface area contributed by atoms with Crippen LogP contribution in [0.5, 0.6) is 0 Å². The number of pyridine rings is 1. The topological polar surface area (TPSA) is 46.3 Å². The number of piperidine rings is 1. The third kappa shape index (κ3) is 3.56. The van der Waals surface area contributed by atoms with E-state index in [0.717, 1.165) is 43.1 Å². The van der Waals surface area contributed by atoms with Crippen LogP contribution in [-0.4, -0.2) is 37.6 Å². The summed E-state index contributed by atoms with van der Waals surface area (Å²) in [6, 6.07) is 8.28. The molecule has 1 fully saturated rings. The van der Waals surface area contributed by atoms with E-state index in [2.05, 4.69) is 40.1 Å². The Balaban J connectivity index is 1.47. The molecule has 4 heterocycles. The minimum atomic E-state index is 0.682. The molecule has 1 aliphatic rings. The summed E-state index contributed by atoms with van der Waals surface area (Å²) in [7, 11) is 0. The number of fused-ring (bicyclic) bond motifs is 1. The van der Waals surface area contributed by atoms with E-state index >= 15 is 0 Å². The normalized spacial score (nSPS) is 18.7. The number of nitrogens with zero attached hydrogens (tertiary/aromatic N) is 5. The van der Waals surface area contributed by atoms with E-state index in [9.17, 15) is 0 Å². The Bertz CT molecular complexity index is 855. The largest absolute Gasteiger partial charge is 0.299 e. The molecule has 5 nitrogen and oxygen atoms in total. The molecule has 1 aliphatic heterocycles. The van der Waals surface area contributed by atoms with Crippen LogP contribution in [0.25, 0.3) is 5.65 Å².